The van der Waals surface area contributed by atoms with Crippen LogP contribution >= 0.6 is 0 Å². The van der Waals surface area contributed by atoms with Crippen LogP contribution in [0.2, 0.25) is 0 Å². The van der Waals surface area contributed by atoms with Gasteiger partial charge in [0.15, 0.2) is 0 Å². The smallest absolute Gasteiger partial charge is 0.229 e. The van der Waals surface area contributed by atoms with Gasteiger partial charge in [0.25, 0.3) is 0 Å². The topological polar surface area (TPSA) is 78.9 Å². The Balaban J connectivity index is 1.80. The van der Waals surface area contributed by atoms with E-state index in [0.29, 0.717) is 5.95 Å². The van der Waals surface area contributed by atoms with E-state index in [0.717, 1.165) is 39.7 Å². The summed E-state index contributed by atoms with van der Waals surface area (Å²) in [6, 6.07) is 15.5. The number of carbonyl (C=O) groups excluding carboxylic acids is 1. The molecule has 3 N–H and O–H groups in total. The van der Waals surface area contributed by atoms with Gasteiger partial charge in [-0.3, -0.25) is 4.79 Å². The first-order chi connectivity index (χ1) is 12.9. The number of aryl methyl sites for hydroxylation is 3. The van der Waals surface area contributed by atoms with E-state index in [-0.39, 0.29) is 5.91 Å². The molecule has 1 heterocycles. The lowest BCUT2D eigenvalue weighted by Gasteiger charge is -2.14. The van der Waals surface area contributed by atoms with Crippen molar-refractivity contribution < 1.29 is 4.79 Å². The molecule has 0 aliphatic heterocycles. The van der Waals surface area contributed by atoms with Crippen molar-refractivity contribution in [2.75, 3.05) is 16.0 Å². The zero-order valence-electron chi connectivity index (χ0n) is 15.9. The summed E-state index contributed by atoms with van der Waals surface area (Å²) < 4.78 is 0. The fraction of sp³-hybridized carbons (Fsp3) is 0.190. The van der Waals surface area contributed by atoms with Crippen LogP contribution in [0.25, 0.3) is 0 Å². The molecule has 0 aliphatic carbocycles. The number of aromatic nitrogens is 2. The molecule has 3 rings (SSSR count). The van der Waals surface area contributed by atoms with Crippen molar-refractivity contribution in [3.05, 3.63) is 65.4 Å². The minimum Gasteiger partial charge on any atom is -0.340 e. The number of benzene rings is 2. The summed E-state index contributed by atoms with van der Waals surface area (Å²) >= 11 is 0. The van der Waals surface area contributed by atoms with Crippen molar-refractivity contribution in [2.45, 2.75) is 27.7 Å². The van der Waals surface area contributed by atoms with Gasteiger partial charge in [-0.2, -0.15) is 4.98 Å². The Labute approximate surface area is 159 Å². The van der Waals surface area contributed by atoms with Gasteiger partial charge in [0.2, 0.25) is 11.9 Å². The van der Waals surface area contributed by atoms with Crippen LogP contribution in [0.1, 0.15) is 23.7 Å². The predicted octanol–water partition coefficient (Wildman–Crippen LogP) is 4.85. The van der Waals surface area contributed by atoms with E-state index < -0.39 is 0 Å². The summed E-state index contributed by atoms with van der Waals surface area (Å²) in [7, 11) is 0. The Morgan fingerprint density at radius 2 is 1.48 bits per heavy atom. The van der Waals surface area contributed by atoms with Crippen LogP contribution in [0.4, 0.5) is 28.8 Å². The summed E-state index contributed by atoms with van der Waals surface area (Å²) in [5.74, 6) is 1.15. The van der Waals surface area contributed by atoms with Gasteiger partial charge in [0.05, 0.1) is 0 Å². The predicted molar refractivity (Wildman–Crippen MR) is 110 cm³/mol. The Bertz CT molecular complexity index is 947. The van der Waals surface area contributed by atoms with Crippen molar-refractivity contribution in [2.24, 2.45) is 0 Å². The van der Waals surface area contributed by atoms with E-state index in [1.807, 2.05) is 43.3 Å². The van der Waals surface area contributed by atoms with Crippen LogP contribution < -0.4 is 16.0 Å². The van der Waals surface area contributed by atoms with Crippen LogP contribution in [-0.4, -0.2) is 15.9 Å². The van der Waals surface area contributed by atoms with Crippen LogP contribution in [0.15, 0.2) is 48.5 Å². The maximum atomic E-state index is 11.1. The van der Waals surface area contributed by atoms with Gasteiger partial charge >= 0.3 is 0 Å². The number of amides is 1. The number of nitrogens with one attached hydrogen (secondary N) is 3. The first-order valence-corrected chi connectivity index (χ1v) is 8.74. The molecule has 6 nitrogen and oxygen atoms in total. The van der Waals surface area contributed by atoms with Gasteiger partial charge < -0.3 is 16.0 Å². The molecule has 0 radical (unpaired) electrons. The third-order valence-electron chi connectivity index (χ3n) is 4.05. The summed E-state index contributed by atoms with van der Waals surface area (Å²) in [6.07, 6.45) is 0. The molecule has 0 fully saturated rings. The Morgan fingerprint density at radius 1 is 0.852 bits per heavy atom. The third-order valence-corrected chi connectivity index (χ3v) is 4.05. The Morgan fingerprint density at radius 3 is 2.11 bits per heavy atom. The number of nitrogens with zero attached hydrogens (tertiary/aromatic N) is 2. The molecule has 0 aliphatic rings. The average Bonchev–Trinajstić information content (AvgIpc) is 2.59. The number of carbonyl (C=O) groups is 1. The highest BCUT2D eigenvalue weighted by Gasteiger charge is 2.07. The second kappa shape index (κ2) is 7.86. The summed E-state index contributed by atoms with van der Waals surface area (Å²) in [6.45, 7) is 7.55. The highest BCUT2D eigenvalue weighted by molar-refractivity contribution is 5.88. The summed E-state index contributed by atoms with van der Waals surface area (Å²) in [4.78, 5) is 20.1. The lowest BCUT2D eigenvalue weighted by Crippen LogP contribution is -2.06. The van der Waals surface area contributed by atoms with Crippen LogP contribution in [0.5, 0.6) is 0 Å². The lowest BCUT2D eigenvalue weighted by molar-refractivity contribution is -0.114. The largest absolute Gasteiger partial charge is 0.340 e. The molecule has 3 aromatic rings. The number of para-hydroxylation sites is 1. The molecule has 0 bridgehead atoms. The second-order valence-electron chi connectivity index (χ2n) is 6.49. The monoisotopic (exact) mass is 361 g/mol. The quantitative estimate of drug-likeness (QED) is 0.605. The van der Waals surface area contributed by atoms with Gasteiger partial charge in [-0.05, 0) is 56.2 Å². The Hall–Kier alpha value is -3.41. The van der Waals surface area contributed by atoms with Crippen molar-refractivity contribution in [1.82, 2.24) is 9.97 Å². The number of hydrogen-bond acceptors (Lipinski definition) is 5. The number of rotatable bonds is 5. The maximum Gasteiger partial charge on any atom is 0.229 e. The maximum absolute atomic E-state index is 11.1. The van der Waals surface area contributed by atoms with Gasteiger partial charge in [-0.1, -0.05) is 18.2 Å². The van der Waals surface area contributed by atoms with Crippen LogP contribution in [0, 0.1) is 20.8 Å². The average molecular weight is 361 g/mol. The van der Waals surface area contributed by atoms with E-state index in [1.54, 1.807) is 0 Å². The molecule has 0 spiro atoms. The molecule has 27 heavy (non-hydrogen) atoms. The van der Waals surface area contributed by atoms with E-state index in [1.165, 1.54) is 6.92 Å². The SMILES string of the molecule is CC(=O)Nc1ccc(Nc2nc(C)cc(Nc3c(C)cccc3C)n2)cc1. The van der Waals surface area contributed by atoms with Crippen LogP contribution in [0.3, 0.4) is 0 Å². The second-order valence-corrected chi connectivity index (χ2v) is 6.49. The molecule has 1 aromatic heterocycles. The van der Waals surface area contributed by atoms with Crippen molar-refractivity contribution in [3.63, 3.8) is 0 Å². The minimum absolute atomic E-state index is 0.0973. The van der Waals surface area contributed by atoms with E-state index in [2.05, 4.69) is 51.9 Å². The summed E-state index contributed by atoms with van der Waals surface area (Å²) in [5, 5.41) is 9.35. The molecule has 6 heteroatoms. The lowest BCUT2D eigenvalue weighted by atomic mass is 10.1. The zero-order valence-corrected chi connectivity index (χ0v) is 15.9. The first kappa shape index (κ1) is 18.4. The Kier molecular flexibility index (Phi) is 5.35. The first-order valence-electron chi connectivity index (χ1n) is 8.74. The fourth-order valence-corrected chi connectivity index (χ4v) is 2.80. The van der Waals surface area contributed by atoms with E-state index in [9.17, 15) is 4.79 Å². The number of hydrogen-bond donors (Lipinski definition) is 3. The zero-order chi connectivity index (χ0) is 19.4. The molecule has 0 atom stereocenters. The van der Waals surface area contributed by atoms with Gasteiger partial charge in [0, 0.05) is 35.7 Å². The molecule has 0 unspecified atom stereocenters. The van der Waals surface area contributed by atoms with Gasteiger partial charge in [-0.15, -0.1) is 0 Å². The molecule has 2 aromatic carbocycles. The molecular formula is C21H23N5O. The standard InChI is InChI=1S/C21H23N5O/c1-13-6-5-7-14(2)20(13)25-19-12-15(3)22-21(26-19)24-18-10-8-17(9-11-18)23-16(4)27/h5-12H,1-4H3,(H,23,27)(H2,22,24,25,26). The van der Waals surface area contributed by atoms with Crippen molar-refractivity contribution in [3.8, 4) is 0 Å². The third kappa shape index (κ3) is 4.82. The molecule has 0 saturated heterocycles. The van der Waals surface area contributed by atoms with Crippen molar-refractivity contribution in [1.29, 1.82) is 0 Å². The molecule has 0 saturated carbocycles. The highest BCUT2D eigenvalue weighted by atomic mass is 16.1. The van der Waals surface area contributed by atoms with Crippen molar-refractivity contribution >= 4 is 34.7 Å². The summed E-state index contributed by atoms with van der Waals surface area (Å²) in [5.41, 5.74) is 5.82. The molecular weight excluding hydrogens is 338 g/mol. The fourth-order valence-electron chi connectivity index (χ4n) is 2.80. The van der Waals surface area contributed by atoms with E-state index >= 15 is 0 Å². The normalized spacial score (nSPS) is 10.4. The molecule has 138 valence electrons. The van der Waals surface area contributed by atoms with Gasteiger partial charge in [0.1, 0.15) is 5.82 Å². The molecule has 1 amide bonds. The van der Waals surface area contributed by atoms with Crippen LogP contribution in [-0.2, 0) is 4.79 Å². The van der Waals surface area contributed by atoms with E-state index in [4.69, 9.17) is 0 Å². The highest BCUT2D eigenvalue weighted by Crippen LogP contribution is 2.25. The van der Waals surface area contributed by atoms with Gasteiger partial charge in [-0.25, -0.2) is 4.98 Å². The minimum atomic E-state index is -0.0973. The number of anilines is 5.